The fraction of sp³-hybridized carbons (Fsp3) is 0.368. The molecule has 0 unspecified atom stereocenters. The van der Waals surface area contributed by atoms with Crippen molar-refractivity contribution in [2.45, 2.75) is 19.8 Å². The first-order valence-corrected chi connectivity index (χ1v) is 7.59. The Morgan fingerprint density at radius 2 is 1.81 bits per heavy atom. The highest BCUT2D eigenvalue weighted by atomic mass is 16.5. The second kappa shape index (κ2) is 10.0. The molecule has 1 aromatic rings. The van der Waals surface area contributed by atoms with Gasteiger partial charge in [-0.2, -0.15) is 0 Å². The Kier molecular flexibility index (Phi) is 8.22. The number of nitrogens with one attached hydrogen (secondary N) is 1. The Morgan fingerprint density at radius 1 is 1.10 bits per heavy atom. The van der Waals surface area contributed by atoms with Gasteiger partial charge in [0, 0.05) is 6.42 Å². The van der Waals surface area contributed by atoms with Crippen molar-refractivity contribution in [3.63, 3.8) is 0 Å². The number of hydrogen-bond acceptors (Lipinski definition) is 1. The van der Waals surface area contributed by atoms with Crippen LogP contribution >= 0.6 is 0 Å². The molecule has 21 heavy (non-hydrogen) atoms. The predicted molar refractivity (Wildman–Crippen MR) is 91.1 cm³/mol. The summed E-state index contributed by atoms with van der Waals surface area (Å²) in [6, 6.07) is 6.32. The van der Waals surface area contributed by atoms with Crippen molar-refractivity contribution in [2.75, 3.05) is 26.2 Å². The second-order valence-corrected chi connectivity index (χ2v) is 5.29. The average Bonchev–Trinajstić information content (AvgIpc) is 2.46. The van der Waals surface area contributed by atoms with Crippen LogP contribution in [0.4, 0.5) is 0 Å². The molecule has 0 amide bonds. The molecule has 0 spiro atoms. The van der Waals surface area contributed by atoms with Crippen molar-refractivity contribution in [2.24, 2.45) is 0 Å². The molecule has 0 aliphatic heterocycles. The molecule has 0 aromatic heterocycles. The molecule has 0 aliphatic carbocycles. The van der Waals surface area contributed by atoms with E-state index in [0.29, 0.717) is 0 Å². The number of rotatable bonds is 11. The molecule has 114 valence electrons. The zero-order valence-electron chi connectivity index (χ0n) is 13.2. The average molecular weight is 286 g/mol. The summed E-state index contributed by atoms with van der Waals surface area (Å²) in [6.45, 7) is 17.3. The van der Waals surface area contributed by atoms with Gasteiger partial charge in [0.25, 0.3) is 0 Å². The van der Waals surface area contributed by atoms with Crippen molar-refractivity contribution in [3.05, 3.63) is 67.3 Å². The van der Waals surface area contributed by atoms with Gasteiger partial charge < -0.3 is 9.64 Å². The number of aryl methyl sites for hydroxylation is 1. The van der Waals surface area contributed by atoms with Gasteiger partial charge in [-0.05, 0) is 37.1 Å². The van der Waals surface area contributed by atoms with Crippen LogP contribution in [0.15, 0.2) is 56.2 Å². The maximum atomic E-state index is 5.94. The first-order valence-electron chi connectivity index (χ1n) is 7.59. The number of hydrogen-bond donors (Lipinski definition) is 1. The van der Waals surface area contributed by atoms with Crippen molar-refractivity contribution in [1.82, 2.24) is 0 Å². The summed E-state index contributed by atoms with van der Waals surface area (Å²) in [4.78, 5) is 1.47. The summed E-state index contributed by atoms with van der Waals surface area (Å²) in [5, 5.41) is 0. The van der Waals surface area contributed by atoms with E-state index in [1.807, 2.05) is 18.2 Å². The maximum absolute atomic E-state index is 5.94. The summed E-state index contributed by atoms with van der Waals surface area (Å²) in [5.74, 6) is 0.981. The predicted octanol–water partition coefficient (Wildman–Crippen LogP) is 2.75. The maximum Gasteiger partial charge on any atom is 0.122 e. The van der Waals surface area contributed by atoms with Gasteiger partial charge in [0.1, 0.15) is 5.75 Å². The first kappa shape index (κ1) is 17.3. The Hall–Kier alpha value is -1.80. The van der Waals surface area contributed by atoms with E-state index in [9.17, 15) is 0 Å². The van der Waals surface area contributed by atoms with Gasteiger partial charge in [-0.15, -0.1) is 6.58 Å². The summed E-state index contributed by atoms with van der Waals surface area (Å²) in [6.07, 6.45) is 7.71. The summed E-state index contributed by atoms with van der Waals surface area (Å²) in [5.41, 5.74) is 2.47. The minimum Gasteiger partial charge on any atom is -0.493 e. The van der Waals surface area contributed by atoms with Crippen molar-refractivity contribution in [1.29, 1.82) is 0 Å². The molecule has 0 atom stereocenters. The van der Waals surface area contributed by atoms with Crippen LogP contribution in [0.3, 0.4) is 0 Å². The van der Waals surface area contributed by atoms with E-state index >= 15 is 0 Å². The molecule has 1 rings (SSSR count). The summed E-state index contributed by atoms with van der Waals surface area (Å²) < 4.78 is 5.94. The van der Waals surface area contributed by atoms with E-state index in [2.05, 4.69) is 44.9 Å². The van der Waals surface area contributed by atoms with E-state index in [1.54, 1.807) is 0 Å². The fourth-order valence-electron chi connectivity index (χ4n) is 2.36. The molecule has 0 saturated heterocycles. The van der Waals surface area contributed by atoms with Gasteiger partial charge in [0.2, 0.25) is 0 Å². The lowest BCUT2D eigenvalue weighted by Crippen LogP contribution is -3.11. The Balaban J connectivity index is 2.46. The quantitative estimate of drug-likeness (QED) is 0.488. The lowest BCUT2D eigenvalue weighted by Gasteiger charge is -2.16. The van der Waals surface area contributed by atoms with Gasteiger partial charge in [0.05, 0.1) is 26.2 Å². The third-order valence-electron chi connectivity index (χ3n) is 3.38. The van der Waals surface area contributed by atoms with E-state index in [4.69, 9.17) is 4.74 Å². The van der Waals surface area contributed by atoms with E-state index in [1.165, 1.54) is 16.0 Å². The summed E-state index contributed by atoms with van der Waals surface area (Å²) in [7, 11) is 0. The van der Waals surface area contributed by atoms with Gasteiger partial charge in [-0.3, -0.25) is 0 Å². The van der Waals surface area contributed by atoms with Gasteiger partial charge in [-0.1, -0.05) is 36.9 Å². The molecule has 0 aliphatic rings. The van der Waals surface area contributed by atoms with Crippen molar-refractivity contribution in [3.8, 4) is 5.75 Å². The lowest BCUT2D eigenvalue weighted by molar-refractivity contribution is -0.888. The highest BCUT2D eigenvalue weighted by molar-refractivity contribution is 5.38. The Bertz CT molecular complexity index is 455. The molecule has 0 heterocycles. The van der Waals surface area contributed by atoms with Crippen LogP contribution in [0, 0.1) is 6.92 Å². The molecule has 0 radical (unpaired) electrons. The van der Waals surface area contributed by atoms with Crippen LogP contribution in [0.25, 0.3) is 0 Å². The van der Waals surface area contributed by atoms with Crippen LogP contribution in [0.5, 0.6) is 5.75 Å². The fourth-order valence-corrected chi connectivity index (χ4v) is 2.36. The molecule has 0 saturated carbocycles. The minimum atomic E-state index is 0.741. The number of ether oxygens (including phenoxy) is 1. The zero-order chi connectivity index (χ0) is 15.5. The highest BCUT2D eigenvalue weighted by Crippen LogP contribution is 2.21. The van der Waals surface area contributed by atoms with Crippen LogP contribution in [0.1, 0.15) is 17.5 Å². The number of benzene rings is 1. The highest BCUT2D eigenvalue weighted by Gasteiger charge is 2.06. The smallest absolute Gasteiger partial charge is 0.122 e. The van der Waals surface area contributed by atoms with Crippen LogP contribution in [-0.4, -0.2) is 26.2 Å². The standard InChI is InChI=1S/C19H27NO/c1-5-9-18-16-17(4)10-11-19(18)21-15-8-14-20(12-6-2)13-7-3/h5-7,10-11,16H,1-3,8-9,12-15H2,4H3/p+1. The third-order valence-corrected chi connectivity index (χ3v) is 3.38. The molecular weight excluding hydrogens is 258 g/mol. The molecule has 2 nitrogen and oxygen atoms in total. The summed E-state index contributed by atoms with van der Waals surface area (Å²) >= 11 is 0. The third kappa shape index (κ3) is 6.46. The Labute approximate surface area is 129 Å². The van der Waals surface area contributed by atoms with Crippen LogP contribution in [0.2, 0.25) is 0 Å². The van der Waals surface area contributed by atoms with Crippen molar-refractivity contribution < 1.29 is 9.64 Å². The van der Waals surface area contributed by atoms with Crippen molar-refractivity contribution >= 4 is 0 Å². The SMILES string of the molecule is C=CCc1cc(C)ccc1OCCC[NH+](CC=C)CC=C. The van der Waals surface area contributed by atoms with E-state index < -0.39 is 0 Å². The normalized spacial score (nSPS) is 10.4. The number of quaternary nitrogens is 1. The number of allylic oxidation sites excluding steroid dienone is 1. The topological polar surface area (TPSA) is 13.7 Å². The van der Waals surface area contributed by atoms with E-state index in [0.717, 1.165) is 44.8 Å². The molecule has 1 aromatic carbocycles. The molecule has 0 bridgehead atoms. The molecule has 2 heteroatoms. The molecule has 0 fully saturated rings. The lowest BCUT2D eigenvalue weighted by atomic mass is 10.1. The van der Waals surface area contributed by atoms with Gasteiger partial charge >= 0.3 is 0 Å². The minimum absolute atomic E-state index is 0.741. The molecular formula is C19H28NO+. The first-order chi connectivity index (χ1) is 10.2. The van der Waals surface area contributed by atoms with Crippen LogP contribution < -0.4 is 9.64 Å². The van der Waals surface area contributed by atoms with E-state index in [-0.39, 0.29) is 0 Å². The monoisotopic (exact) mass is 286 g/mol. The molecule has 1 N–H and O–H groups in total. The zero-order valence-corrected chi connectivity index (χ0v) is 13.2. The van der Waals surface area contributed by atoms with Gasteiger partial charge in [0.15, 0.2) is 0 Å². The largest absolute Gasteiger partial charge is 0.493 e. The van der Waals surface area contributed by atoms with Gasteiger partial charge in [-0.25, -0.2) is 0 Å². The second-order valence-electron chi connectivity index (χ2n) is 5.29. The Morgan fingerprint density at radius 3 is 2.43 bits per heavy atom. The van der Waals surface area contributed by atoms with Crippen LogP contribution in [-0.2, 0) is 6.42 Å².